The highest BCUT2D eigenvalue weighted by Crippen LogP contribution is 2.22. The van der Waals surface area contributed by atoms with Gasteiger partial charge in [-0.15, -0.1) is 10.2 Å². The molecule has 1 aromatic heterocycles. The number of benzene rings is 1. The van der Waals surface area contributed by atoms with Crippen molar-refractivity contribution < 1.29 is 13.9 Å². The predicted molar refractivity (Wildman–Crippen MR) is 85.6 cm³/mol. The Morgan fingerprint density at radius 1 is 1.18 bits per heavy atom. The molecule has 0 spiro atoms. The van der Waals surface area contributed by atoms with E-state index in [-0.39, 0.29) is 11.7 Å². The van der Waals surface area contributed by atoms with Gasteiger partial charge < -0.3 is 9.15 Å². The average Bonchev–Trinajstić information content (AvgIpc) is 3.02. The lowest BCUT2D eigenvalue weighted by Gasteiger charge is -2.02. The van der Waals surface area contributed by atoms with Crippen molar-refractivity contribution in [2.75, 3.05) is 12.4 Å². The molecule has 0 amide bonds. The van der Waals surface area contributed by atoms with E-state index >= 15 is 0 Å². The summed E-state index contributed by atoms with van der Waals surface area (Å²) in [4.78, 5) is 11.6. The molecule has 0 aliphatic heterocycles. The van der Waals surface area contributed by atoms with Gasteiger partial charge >= 0.3 is 5.97 Å². The first-order valence-electron chi connectivity index (χ1n) is 7.47. The number of hydrogen-bond donors (Lipinski definition) is 0. The predicted octanol–water partition coefficient (Wildman–Crippen LogP) is 3.95. The number of hydrogen-bond acceptors (Lipinski definition) is 6. The molecule has 2 rings (SSSR count). The molecule has 0 unspecified atom stereocenters. The normalized spacial score (nSPS) is 10.6. The Morgan fingerprint density at radius 3 is 2.77 bits per heavy atom. The van der Waals surface area contributed by atoms with Crippen molar-refractivity contribution >= 4 is 17.7 Å². The van der Waals surface area contributed by atoms with Gasteiger partial charge in [-0.25, -0.2) is 0 Å². The summed E-state index contributed by atoms with van der Waals surface area (Å²) in [6.45, 7) is 2.63. The Hall–Kier alpha value is -1.82. The van der Waals surface area contributed by atoms with Crippen LogP contribution in [0.25, 0.3) is 11.5 Å². The van der Waals surface area contributed by atoms with Crippen LogP contribution < -0.4 is 0 Å². The minimum Gasteiger partial charge on any atom is -0.465 e. The lowest BCUT2D eigenvalue weighted by molar-refractivity contribution is -0.140. The van der Waals surface area contributed by atoms with Gasteiger partial charge in [0, 0.05) is 5.56 Å². The van der Waals surface area contributed by atoms with E-state index in [0.717, 1.165) is 18.4 Å². The van der Waals surface area contributed by atoms with E-state index in [4.69, 9.17) is 9.15 Å². The van der Waals surface area contributed by atoms with E-state index < -0.39 is 0 Å². The van der Waals surface area contributed by atoms with Crippen LogP contribution in [0.3, 0.4) is 0 Å². The second-order valence-electron chi connectivity index (χ2n) is 4.81. The number of unbranched alkanes of at least 4 members (excludes halogenated alkanes) is 3. The van der Waals surface area contributed by atoms with Crippen molar-refractivity contribution in [3.05, 3.63) is 30.3 Å². The summed E-state index contributed by atoms with van der Waals surface area (Å²) in [5, 5.41) is 8.27. The van der Waals surface area contributed by atoms with Crippen LogP contribution >= 0.6 is 11.8 Å². The standard InChI is InChI=1S/C16H20N2O3S/c1-2-3-4-8-11-20-14(19)12-22-16-18-17-15(21-16)13-9-6-5-7-10-13/h5-7,9-10H,2-4,8,11-12H2,1H3. The zero-order valence-electron chi connectivity index (χ0n) is 12.7. The summed E-state index contributed by atoms with van der Waals surface area (Å²) in [5.41, 5.74) is 0.861. The van der Waals surface area contributed by atoms with Gasteiger partial charge in [-0.3, -0.25) is 4.79 Å². The molecule has 1 aromatic carbocycles. The zero-order valence-corrected chi connectivity index (χ0v) is 13.5. The summed E-state index contributed by atoms with van der Waals surface area (Å²) in [7, 11) is 0. The SMILES string of the molecule is CCCCCCOC(=O)CSc1nnc(-c2ccccc2)o1. The molecule has 0 radical (unpaired) electrons. The summed E-state index contributed by atoms with van der Waals surface area (Å²) in [6.07, 6.45) is 4.37. The van der Waals surface area contributed by atoms with Crippen LogP contribution in [-0.2, 0) is 9.53 Å². The quantitative estimate of drug-likeness (QED) is 0.396. The number of thioether (sulfide) groups is 1. The van der Waals surface area contributed by atoms with Gasteiger partial charge in [0.05, 0.1) is 6.61 Å². The fraction of sp³-hybridized carbons (Fsp3) is 0.438. The largest absolute Gasteiger partial charge is 0.465 e. The van der Waals surface area contributed by atoms with Crippen LogP contribution in [0.15, 0.2) is 40.0 Å². The molecular weight excluding hydrogens is 300 g/mol. The van der Waals surface area contributed by atoms with E-state index in [1.54, 1.807) is 0 Å². The molecule has 1 heterocycles. The van der Waals surface area contributed by atoms with Gasteiger partial charge in [0.25, 0.3) is 5.22 Å². The lowest BCUT2D eigenvalue weighted by atomic mass is 10.2. The Bertz CT molecular complexity index is 572. The number of ether oxygens (including phenoxy) is 1. The van der Waals surface area contributed by atoms with Crippen molar-refractivity contribution in [1.29, 1.82) is 0 Å². The molecule has 118 valence electrons. The second kappa shape index (κ2) is 9.25. The maximum atomic E-state index is 11.6. The Morgan fingerprint density at radius 2 is 2.00 bits per heavy atom. The first kappa shape index (κ1) is 16.5. The van der Waals surface area contributed by atoms with Crippen LogP contribution in [-0.4, -0.2) is 28.5 Å². The summed E-state index contributed by atoms with van der Waals surface area (Å²) >= 11 is 1.20. The molecule has 2 aromatic rings. The highest BCUT2D eigenvalue weighted by molar-refractivity contribution is 7.99. The van der Waals surface area contributed by atoms with E-state index in [1.165, 1.54) is 24.6 Å². The fourth-order valence-electron chi connectivity index (χ4n) is 1.84. The van der Waals surface area contributed by atoms with Gasteiger partial charge in [0.2, 0.25) is 5.89 Å². The number of carbonyl (C=O) groups excluding carboxylic acids is 1. The Balaban J connectivity index is 1.71. The first-order chi connectivity index (χ1) is 10.8. The second-order valence-corrected chi connectivity index (χ2v) is 5.74. The molecule has 0 bridgehead atoms. The minimum absolute atomic E-state index is 0.185. The molecule has 22 heavy (non-hydrogen) atoms. The van der Waals surface area contributed by atoms with Gasteiger partial charge in [0.1, 0.15) is 5.75 Å². The lowest BCUT2D eigenvalue weighted by Crippen LogP contribution is -2.08. The topological polar surface area (TPSA) is 65.2 Å². The number of carbonyl (C=O) groups is 1. The van der Waals surface area contributed by atoms with E-state index in [0.29, 0.717) is 17.7 Å². The third kappa shape index (κ3) is 5.52. The smallest absolute Gasteiger partial charge is 0.316 e. The van der Waals surface area contributed by atoms with Gasteiger partial charge in [-0.2, -0.15) is 0 Å². The number of nitrogens with zero attached hydrogens (tertiary/aromatic N) is 2. The van der Waals surface area contributed by atoms with Crippen LogP contribution in [0.2, 0.25) is 0 Å². The van der Waals surface area contributed by atoms with Crippen LogP contribution in [0.4, 0.5) is 0 Å². The Kier molecular flexibility index (Phi) is 6.96. The van der Waals surface area contributed by atoms with Gasteiger partial charge in [-0.05, 0) is 18.6 Å². The van der Waals surface area contributed by atoms with E-state index in [9.17, 15) is 4.79 Å². The van der Waals surface area contributed by atoms with Crippen LogP contribution in [0.5, 0.6) is 0 Å². The monoisotopic (exact) mass is 320 g/mol. The Labute approximate surface area is 134 Å². The van der Waals surface area contributed by atoms with Gasteiger partial charge in [-0.1, -0.05) is 56.1 Å². The third-order valence-electron chi connectivity index (χ3n) is 3.00. The molecule has 5 nitrogen and oxygen atoms in total. The maximum absolute atomic E-state index is 11.6. The minimum atomic E-state index is -0.249. The highest BCUT2D eigenvalue weighted by Gasteiger charge is 2.11. The van der Waals surface area contributed by atoms with Crippen molar-refractivity contribution in [2.24, 2.45) is 0 Å². The summed E-state index contributed by atoms with van der Waals surface area (Å²) in [5.74, 6) is 0.390. The number of rotatable bonds is 9. The summed E-state index contributed by atoms with van der Waals surface area (Å²) < 4.78 is 10.7. The molecule has 0 saturated carbocycles. The van der Waals surface area contributed by atoms with Crippen molar-refractivity contribution in [2.45, 2.75) is 37.8 Å². The molecular formula is C16H20N2O3S. The van der Waals surface area contributed by atoms with Crippen LogP contribution in [0.1, 0.15) is 32.6 Å². The maximum Gasteiger partial charge on any atom is 0.316 e. The molecule has 6 heteroatoms. The van der Waals surface area contributed by atoms with Crippen LogP contribution in [0, 0.1) is 0 Å². The summed E-state index contributed by atoms with van der Waals surface area (Å²) in [6, 6.07) is 9.52. The number of esters is 1. The third-order valence-corrected chi connectivity index (χ3v) is 3.79. The molecule has 0 aliphatic carbocycles. The van der Waals surface area contributed by atoms with Crippen molar-refractivity contribution in [3.8, 4) is 11.5 Å². The molecule has 0 fully saturated rings. The molecule has 0 aliphatic rings. The van der Waals surface area contributed by atoms with Gasteiger partial charge in [0.15, 0.2) is 0 Å². The average molecular weight is 320 g/mol. The van der Waals surface area contributed by atoms with E-state index in [2.05, 4.69) is 17.1 Å². The number of aromatic nitrogens is 2. The molecule has 0 saturated heterocycles. The molecule has 0 N–H and O–H groups in total. The highest BCUT2D eigenvalue weighted by atomic mass is 32.2. The van der Waals surface area contributed by atoms with Crippen molar-refractivity contribution in [3.63, 3.8) is 0 Å². The zero-order chi connectivity index (χ0) is 15.6. The van der Waals surface area contributed by atoms with E-state index in [1.807, 2.05) is 30.3 Å². The first-order valence-corrected chi connectivity index (χ1v) is 8.45. The van der Waals surface area contributed by atoms with Crippen molar-refractivity contribution in [1.82, 2.24) is 10.2 Å². The fourth-order valence-corrected chi connectivity index (χ4v) is 2.40. The molecule has 0 atom stereocenters.